The smallest absolute Gasteiger partial charge is 0.300 e. The largest absolute Gasteiger partial charge is 0.507 e. The van der Waals surface area contributed by atoms with Gasteiger partial charge in [-0.05, 0) is 48.0 Å². The summed E-state index contributed by atoms with van der Waals surface area (Å²) < 4.78 is 41.2. The van der Waals surface area contributed by atoms with Crippen LogP contribution in [-0.4, -0.2) is 52.3 Å². The Hall–Kier alpha value is -4.73. The number of ether oxygens (including phenoxy) is 5. The molecule has 1 amide bonds. The molecule has 1 atom stereocenters. The number of rotatable bonds is 8. The van der Waals surface area contributed by atoms with E-state index >= 15 is 0 Å². The van der Waals surface area contributed by atoms with Crippen LogP contribution < -0.4 is 28.6 Å². The number of ketones is 1. The normalized spacial score (nSPS) is 16.4. The van der Waals surface area contributed by atoms with E-state index in [4.69, 9.17) is 23.7 Å². The highest BCUT2D eigenvalue weighted by Crippen LogP contribution is 2.47. The number of methoxy groups -OCH3 is 5. The first-order valence-corrected chi connectivity index (χ1v) is 11.4. The number of aliphatic hydroxyl groups excluding tert-OH is 1. The number of halogens is 1. The molecule has 198 valence electrons. The van der Waals surface area contributed by atoms with E-state index in [1.807, 2.05) is 0 Å². The molecule has 1 N–H and O–H groups in total. The van der Waals surface area contributed by atoms with Crippen LogP contribution in [0.1, 0.15) is 17.2 Å². The molecule has 0 radical (unpaired) electrons. The highest BCUT2D eigenvalue weighted by atomic mass is 19.1. The molecule has 0 bridgehead atoms. The van der Waals surface area contributed by atoms with Crippen molar-refractivity contribution in [2.75, 3.05) is 40.4 Å². The summed E-state index contributed by atoms with van der Waals surface area (Å²) in [6.45, 7) is 0. The second kappa shape index (κ2) is 10.7. The van der Waals surface area contributed by atoms with E-state index < -0.39 is 29.3 Å². The van der Waals surface area contributed by atoms with Gasteiger partial charge < -0.3 is 28.8 Å². The van der Waals surface area contributed by atoms with Crippen LogP contribution >= 0.6 is 0 Å². The zero-order valence-corrected chi connectivity index (χ0v) is 21.4. The molecule has 4 rings (SSSR count). The zero-order chi connectivity index (χ0) is 27.6. The number of amides is 1. The molecule has 3 aromatic rings. The topological polar surface area (TPSA) is 104 Å². The summed E-state index contributed by atoms with van der Waals surface area (Å²) in [5, 5.41) is 11.5. The SMILES string of the molecule is COc1ccc(/C(O)=C2\C(=O)C(=O)N(c3cccc(F)c3)C2c2cc(OC)c(OC)c(OC)c2)c(OC)c1. The van der Waals surface area contributed by atoms with Gasteiger partial charge in [-0.2, -0.15) is 0 Å². The number of hydrogen-bond donors (Lipinski definition) is 1. The van der Waals surface area contributed by atoms with Gasteiger partial charge in [0.1, 0.15) is 23.1 Å². The number of benzene rings is 3. The lowest BCUT2D eigenvalue weighted by molar-refractivity contribution is -0.132. The number of Topliss-reactive ketones (excluding diaryl/α,β-unsaturated/α-hetero) is 1. The summed E-state index contributed by atoms with van der Waals surface area (Å²) in [6.07, 6.45) is 0. The lowest BCUT2D eigenvalue weighted by Gasteiger charge is -2.26. The van der Waals surface area contributed by atoms with E-state index in [1.54, 1.807) is 18.2 Å². The van der Waals surface area contributed by atoms with E-state index in [1.165, 1.54) is 65.9 Å². The summed E-state index contributed by atoms with van der Waals surface area (Å²) >= 11 is 0. The van der Waals surface area contributed by atoms with Crippen molar-refractivity contribution in [2.24, 2.45) is 0 Å². The van der Waals surface area contributed by atoms with Crippen LogP contribution in [0.4, 0.5) is 10.1 Å². The van der Waals surface area contributed by atoms with Gasteiger partial charge in [-0.1, -0.05) is 6.07 Å². The number of anilines is 1. The maximum atomic E-state index is 14.2. The third kappa shape index (κ3) is 4.45. The molecular weight excluding hydrogens is 497 g/mol. The third-order valence-corrected chi connectivity index (χ3v) is 6.20. The molecule has 1 fully saturated rings. The van der Waals surface area contributed by atoms with Crippen LogP contribution in [0, 0.1) is 5.82 Å². The fraction of sp³-hybridized carbons (Fsp3) is 0.214. The van der Waals surface area contributed by atoms with Crippen molar-refractivity contribution in [1.82, 2.24) is 0 Å². The first-order chi connectivity index (χ1) is 18.3. The van der Waals surface area contributed by atoms with Gasteiger partial charge in [0, 0.05) is 11.8 Å². The van der Waals surface area contributed by atoms with Crippen molar-refractivity contribution in [3.8, 4) is 28.7 Å². The molecule has 1 aliphatic heterocycles. The second-order valence-electron chi connectivity index (χ2n) is 8.17. The number of carbonyl (C=O) groups is 2. The number of carbonyl (C=O) groups excluding carboxylic acids is 2. The van der Waals surface area contributed by atoms with Gasteiger partial charge in [-0.25, -0.2) is 4.39 Å². The van der Waals surface area contributed by atoms with E-state index in [0.717, 1.165) is 11.0 Å². The van der Waals surface area contributed by atoms with E-state index in [2.05, 4.69) is 0 Å². The van der Waals surface area contributed by atoms with Crippen LogP contribution in [0.25, 0.3) is 5.76 Å². The molecule has 1 saturated heterocycles. The van der Waals surface area contributed by atoms with Gasteiger partial charge in [0.15, 0.2) is 11.5 Å². The summed E-state index contributed by atoms with van der Waals surface area (Å²) in [4.78, 5) is 28.0. The van der Waals surface area contributed by atoms with Crippen LogP contribution in [0.3, 0.4) is 0 Å². The van der Waals surface area contributed by atoms with Crippen molar-refractivity contribution in [3.63, 3.8) is 0 Å². The van der Waals surface area contributed by atoms with Gasteiger partial charge in [0.25, 0.3) is 11.7 Å². The second-order valence-corrected chi connectivity index (χ2v) is 8.17. The standard InChI is InChI=1S/C28H26FNO8/c1-34-18-9-10-19(20(14-18)35-2)25(31)23-24(15-11-21(36-3)27(38-5)22(12-15)37-4)30(28(33)26(23)32)17-8-6-7-16(29)13-17/h6-14,24,31H,1-5H3/b25-23+. The number of hydrogen-bond acceptors (Lipinski definition) is 8. The molecular formula is C28H26FNO8. The molecule has 1 heterocycles. The molecule has 38 heavy (non-hydrogen) atoms. The molecule has 1 unspecified atom stereocenters. The lowest BCUT2D eigenvalue weighted by Crippen LogP contribution is -2.29. The summed E-state index contributed by atoms with van der Waals surface area (Å²) in [7, 11) is 7.16. The Morgan fingerprint density at radius 2 is 1.47 bits per heavy atom. The Kier molecular flexibility index (Phi) is 7.43. The summed E-state index contributed by atoms with van der Waals surface area (Å²) in [5.74, 6) is -1.54. The lowest BCUT2D eigenvalue weighted by atomic mass is 9.94. The predicted molar refractivity (Wildman–Crippen MR) is 137 cm³/mol. The number of aliphatic hydroxyl groups is 1. The molecule has 0 spiro atoms. The Labute approximate surface area is 218 Å². The zero-order valence-electron chi connectivity index (χ0n) is 21.4. The molecule has 0 aromatic heterocycles. The minimum atomic E-state index is -1.18. The van der Waals surface area contributed by atoms with Crippen LogP contribution in [0.5, 0.6) is 28.7 Å². The Balaban J connectivity index is 2.04. The van der Waals surface area contributed by atoms with Crippen molar-refractivity contribution >= 4 is 23.1 Å². The van der Waals surface area contributed by atoms with E-state index in [9.17, 15) is 19.1 Å². The van der Waals surface area contributed by atoms with E-state index in [0.29, 0.717) is 17.1 Å². The highest BCUT2D eigenvalue weighted by Gasteiger charge is 2.48. The Morgan fingerprint density at radius 3 is 2.03 bits per heavy atom. The van der Waals surface area contributed by atoms with E-state index in [-0.39, 0.29) is 34.1 Å². The quantitative estimate of drug-likeness (QED) is 0.262. The fourth-order valence-electron chi connectivity index (χ4n) is 4.44. The highest BCUT2D eigenvalue weighted by molar-refractivity contribution is 6.51. The molecule has 1 aliphatic rings. The summed E-state index contributed by atoms with van der Waals surface area (Å²) in [5.41, 5.74) is 0.378. The van der Waals surface area contributed by atoms with Gasteiger partial charge in [-0.3, -0.25) is 14.5 Å². The van der Waals surface area contributed by atoms with Crippen LogP contribution in [-0.2, 0) is 9.59 Å². The first kappa shape index (κ1) is 26.3. The Morgan fingerprint density at radius 1 is 0.816 bits per heavy atom. The third-order valence-electron chi connectivity index (χ3n) is 6.20. The van der Waals surface area contributed by atoms with Gasteiger partial charge in [-0.15, -0.1) is 0 Å². The molecule has 9 nitrogen and oxygen atoms in total. The molecule has 3 aromatic carbocycles. The summed E-state index contributed by atoms with van der Waals surface area (Å²) in [6, 6.07) is 11.8. The minimum Gasteiger partial charge on any atom is -0.507 e. The van der Waals surface area contributed by atoms with Crippen molar-refractivity contribution in [3.05, 3.63) is 77.1 Å². The van der Waals surface area contributed by atoms with Crippen LogP contribution in [0.2, 0.25) is 0 Å². The molecule has 0 saturated carbocycles. The maximum Gasteiger partial charge on any atom is 0.300 e. The number of nitrogens with zero attached hydrogens (tertiary/aromatic N) is 1. The average Bonchev–Trinajstić information content (AvgIpc) is 3.21. The van der Waals surface area contributed by atoms with Gasteiger partial charge in [0.05, 0.1) is 52.7 Å². The average molecular weight is 524 g/mol. The minimum absolute atomic E-state index is 0.117. The maximum absolute atomic E-state index is 14.2. The van der Waals surface area contributed by atoms with Crippen molar-refractivity contribution < 1.29 is 42.8 Å². The van der Waals surface area contributed by atoms with Crippen LogP contribution in [0.15, 0.2) is 60.2 Å². The molecule has 0 aliphatic carbocycles. The van der Waals surface area contributed by atoms with Crippen molar-refractivity contribution in [1.29, 1.82) is 0 Å². The van der Waals surface area contributed by atoms with Gasteiger partial charge in [0.2, 0.25) is 5.75 Å². The first-order valence-electron chi connectivity index (χ1n) is 11.4. The monoisotopic (exact) mass is 523 g/mol. The fourth-order valence-corrected chi connectivity index (χ4v) is 4.44. The van der Waals surface area contributed by atoms with Gasteiger partial charge >= 0.3 is 0 Å². The molecule has 10 heteroatoms. The Bertz CT molecular complexity index is 1410. The predicted octanol–water partition coefficient (Wildman–Crippen LogP) is 4.50. The van der Waals surface area contributed by atoms with Crippen molar-refractivity contribution in [2.45, 2.75) is 6.04 Å².